The number of piperidine rings is 1. The predicted octanol–water partition coefficient (Wildman–Crippen LogP) is 0.406. The summed E-state index contributed by atoms with van der Waals surface area (Å²) in [5, 5.41) is 10.8. The van der Waals surface area contributed by atoms with Crippen LogP contribution in [0.2, 0.25) is 0 Å². The van der Waals surface area contributed by atoms with Crippen molar-refractivity contribution in [3.63, 3.8) is 0 Å². The SMILES string of the molecule is CCOC(=O)CC(=N)N1CCC(N2CCNC2=O)CC1. The van der Waals surface area contributed by atoms with E-state index in [1.807, 2.05) is 9.80 Å². The largest absolute Gasteiger partial charge is 0.466 e. The lowest BCUT2D eigenvalue weighted by atomic mass is 10.0. The molecule has 2 N–H and O–H groups in total. The Morgan fingerprint density at radius 1 is 1.40 bits per heavy atom. The Balaban J connectivity index is 1.77. The van der Waals surface area contributed by atoms with Crippen molar-refractivity contribution in [3.05, 3.63) is 0 Å². The molecule has 0 aromatic rings. The van der Waals surface area contributed by atoms with Gasteiger partial charge in [0.15, 0.2) is 0 Å². The molecule has 2 amide bonds. The van der Waals surface area contributed by atoms with E-state index < -0.39 is 0 Å². The molecule has 2 aliphatic heterocycles. The summed E-state index contributed by atoms with van der Waals surface area (Å²) >= 11 is 0. The average Bonchev–Trinajstić information content (AvgIpc) is 2.85. The van der Waals surface area contributed by atoms with E-state index in [4.69, 9.17) is 10.1 Å². The molecule has 0 bridgehead atoms. The van der Waals surface area contributed by atoms with E-state index in [1.54, 1.807) is 6.92 Å². The standard InChI is InChI=1S/C13H22N4O3/c1-2-20-12(18)9-11(14)16-6-3-10(4-7-16)17-8-5-15-13(17)19/h10,14H,2-9H2,1H3,(H,15,19). The second-order valence-electron chi connectivity index (χ2n) is 5.07. The fourth-order valence-corrected chi connectivity index (χ4v) is 2.74. The van der Waals surface area contributed by atoms with E-state index in [2.05, 4.69) is 5.32 Å². The van der Waals surface area contributed by atoms with Gasteiger partial charge >= 0.3 is 12.0 Å². The number of urea groups is 1. The van der Waals surface area contributed by atoms with E-state index in [0.29, 0.717) is 25.5 Å². The van der Waals surface area contributed by atoms with Crippen LogP contribution in [-0.4, -0.2) is 66.5 Å². The first-order chi connectivity index (χ1) is 9.61. The Hall–Kier alpha value is -1.79. The van der Waals surface area contributed by atoms with Crippen molar-refractivity contribution in [2.24, 2.45) is 0 Å². The van der Waals surface area contributed by atoms with Crippen LogP contribution in [0, 0.1) is 5.41 Å². The van der Waals surface area contributed by atoms with Gasteiger partial charge in [-0.25, -0.2) is 4.79 Å². The minimum Gasteiger partial charge on any atom is -0.466 e. The van der Waals surface area contributed by atoms with Gasteiger partial charge in [-0.1, -0.05) is 0 Å². The maximum atomic E-state index is 11.6. The Labute approximate surface area is 118 Å². The minimum absolute atomic E-state index is 0.0186. The van der Waals surface area contributed by atoms with Crippen LogP contribution in [0.5, 0.6) is 0 Å². The van der Waals surface area contributed by atoms with E-state index in [-0.39, 0.29) is 24.5 Å². The zero-order valence-corrected chi connectivity index (χ0v) is 11.9. The molecule has 2 rings (SSSR count). The molecule has 2 aliphatic rings. The number of nitrogens with one attached hydrogen (secondary N) is 2. The molecule has 0 aliphatic carbocycles. The molecule has 20 heavy (non-hydrogen) atoms. The molecule has 0 aromatic carbocycles. The second kappa shape index (κ2) is 6.58. The van der Waals surface area contributed by atoms with Gasteiger partial charge in [-0.15, -0.1) is 0 Å². The number of carbonyl (C=O) groups is 2. The van der Waals surface area contributed by atoms with Crippen LogP contribution in [0.15, 0.2) is 0 Å². The van der Waals surface area contributed by atoms with Gasteiger partial charge < -0.3 is 19.9 Å². The van der Waals surface area contributed by atoms with Gasteiger partial charge in [0.1, 0.15) is 12.3 Å². The van der Waals surface area contributed by atoms with E-state index in [1.165, 1.54) is 0 Å². The normalized spacial score (nSPS) is 19.9. The summed E-state index contributed by atoms with van der Waals surface area (Å²) in [5.41, 5.74) is 0. The van der Waals surface area contributed by atoms with Gasteiger partial charge in [-0.2, -0.15) is 0 Å². The van der Waals surface area contributed by atoms with Crippen LogP contribution < -0.4 is 5.32 Å². The van der Waals surface area contributed by atoms with Gasteiger partial charge in [0.05, 0.1) is 6.61 Å². The maximum absolute atomic E-state index is 11.6. The number of carbonyl (C=O) groups excluding carboxylic acids is 2. The number of amidine groups is 1. The highest BCUT2D eigenvalue weighted by atomic mass is 16.5. The highest BCUT2D eigenvalue weighted by Gasteiger charge is 2.31. The van der Waals surface area contributed by atoms with Crippen LogP contribution in [0.3, 0.4) is 0 Å². The van der Waals surface area contributed by atoms with E-state index >= 15 is 0 Å². The van der Waals surface area contributed by atoms with Crippen LogP contribution in [0.25, 0.3) is 0 Å². The number of likely N-dealkylation sites (tertiary alicyclic amines) is 1. The van der Waals surface area contributed by atoms with Gasteiger partial charge in [-0.3, -0.25) is 10.2 Å². The lowest BCUT2D eigenvalue weighted by Gasteiger charge is -2.37. The van der Waals surface area contributed by atoms with E-state index in [0.717, 1.165) is 25.9 Å². The van der Waals surface area contributed by atoms with Gasteiger partial charge in [0.2, 0.25) is 0 Å². The number of rotatable bonds is 4. The Morgan fingerprint density at radius 2 is 2.10 bits per heavy atom. The first kappa shape index (κ1) is 14.6. The average molecular weight is 282 g/mol. The zero-order valence-electron chi connectivity index (χ0n) is 11.9. The quantitative estimate of drug-likeness (QED) is 0.444. The Kier molecular flexibility index (Phi) is 4.81. The lowest BCUT2D eigenvalue weighted by Crippen LogP contribution is -2.47. The van der Waals surface area contributed by atoms with Crippen LogP contribution in [-0.2, 0) is 9.53 Å². The fraction of sp³-hybridized carbons (Fsp3) is 0.769. The van der Waals surface area contributed by atoms with Crippen molar-refractivity contribution in [1.82, 2.24) is 15.1 Å². The zero-order chi connectivity index (χ0) is 14.5. The summed E-state index contributed by atoms with van der Waals surface area (Å²) in [7, 11) is 0. The highest BCUT2D eigenvalue weighted by molar-refractivity contribution is 5.95. The first-order valence-electron chi connectivity index (χ1n) is 7.14. The predicted molar refractivity (Wildman–Crippen MR) is 73.7 cm³/mol. The van der Waals surface area contributed by atoms with Crippen molar-refractivity contribution in [1.29, 1.82) is 5.41 Å². The molecular formula is C13H22N4O3. The van der Waals surface area contributed by atoms with Crippen LogP contribution >= 0.6 is 0 Å². The van der Waals surface area contributed by atoms with Gasteiger partial charge in [0, 0.05) is 32.2 Å². The molecule has 7 heteroatoms. The molecule has 0 unspecified atom stereocenters. The first-order valence-corrected chi connectivity index (χ1v) is 7.14. The van der Waals surface area contributed by atoms with Crippen molar-refractivity contribution < 1.29 is 14.3 Å². The molecule has 0 aromatic heterocycles. The highest BCUT2D eigenvalue weighted by Crippen LogP contribution is 2.18. The number of amides is 2. The third-order valence-corrected chi connectivity index (χ3v) is 3.79. The maximum Gasteiger partial charge on any atom is 0.317 e. The summed E-state index contributed by atoms with van der Waals surface area (Å²) < 4.78 is 4.85. The number of esters is 1. The third-order valence-electron chi connectivity index (χ3n) is 3.79. The summed E-state index contributed by atoms with van der Waals surface area (Å²) in [6.07, 6.45) is 1.72. The van der Waals surface area contributed by atoms with Crippen LogP contribution in [0.4, 0.5) is 4.79 Å². The molecule has 0 atom stereocenters. The van der Waals surface area contributed by atoms with Crippen molar-refractivity contribution in [2.45, 2.75) is 32.2 Å². The number of ether oxygens (including phenoxy) is 1. The number of nitrogens with zero attached hydrogens (tertiary/aromatic N) is 2. The third kappa shape index (κ3) is 3.40. The van der Waals surface area contributed by atoms with Crippen molar-refractivity contribution >= 4 is 17.8 Å². The smallest absolute Gasteiger partial charge is 0.317 e. The molecule has 2 heterocycles. The Bertz CT molecular complexity index is 391. The number of hydrogen-bond acceptors (Lipinski definition) is 4. The molecule has 0 spiro atoms. The Morgan fingerprint density at radius 3 is 2.65 bits per heavy atom. The minimum atomic E-state index is -0.349. The van der Waals surface area contributed by atoms with E-state index in [9.17, 15) is 9.59 Å². The van der Waals surface area contributed by atoms with Crippen LogP contribution in [0.1, 0.15) is 26.2 Å². The molecule has 2 saturated heterocycles. The monoisotopic (exact) mass is 282 g/mol. The van der Waals surface area contributed by atoms with Crippen molar-refractivity contribution in [3.8, 4) is 0 Å². The van der Waals surface area contributed by atoms with Gasteiger partial charge in [0.25, 0.3) is 0 Å². The molecule has 112 valence electrons. The topological polar surface area (TPSA) is 85.7 Å². The summed E-state index contributed by atoms with van der Waals surface area (Å²) in [4.78, 5) is 26.8. The second-order valence-corrected chi connectivity index (χ2v) is 5.07. The summed E-state index contributed by atoms with van der Waals surface area (Å²) in [5.74, 6) is -0.0358. The summed E-state index contributed by atoms with van der Waals surface area (Å²) in [6, 6.07) is 0.272. The molecule has 7 nitrogen and oxygen atoms in total. The van der Waals surface area contributed by atoms with Gasteiger partial charge in [-0.05, 0) is 19.8 Å². The molecule has 2 fully saturated rings. The molecular weight excluding hydrogens is 260 g/mol. The van der Waals surface area contributed by atoms with Crippen molar-refractivity contribution in [2.75, 3.05) is 32.8 Å². The number of hydrogen-bond donors (Lipinski definition) is 2. The lowest BCUT2D eigenvalue weighted by molar-refractivity contribution is -0.141. The molecule has 0 radical (unpaired) electrons. The summed E-state index contributed by atoms with van der Waals surface area (Å²) in [6.45, 7) is 5.02. The fourth-order valence-electron chi connectivity index (χ4n) is 2.74. The molecule has 0 saturated carbocycles.